The monoisotopic (exact) mass is 700 g/mol. The summed E-state index contributed by atoms with van der Waals surface area (Å²) in [6.45, 7) is 0. The predicted octanol–water partition coefficient (Wildman–Crippen LogP) is 7.63. The summed E-state index contributed by atoms with van der Waals surface area (Å²) >= 11 is 0. The van der Waals surface area contributed by atoms with Crippen molar-refractivity contribution in [3.63, 3.8) is 0 Å². The van der Waals surface area contributed by atoms with Crippen LogP contribution in [0.4, 0.5) is 22.7 Å². The summed E-state index contributed by atoms with van der Waals surface area (Å²) in [6, 6.07) is 27.4. The molecule has 0 saturated heterocycles. The Hall–Kier alpha value is -3.54. The zero-order valence-corrected chi connectivity index (χ0v) is 31.1. The van der Waals surface area contributed by atoms with Crippen LogP contribution in [0.15, 0.2) is 139 Å². The minimum atomic E-state index is -4.97. The number of azo groups is 2. The fourth-order valence-corrected chi connectivity index (χ4v) is 6.38. The summed E-state index contributed by atoms with van der Waals surface area (Å²) in [4.78, 5) is -1.43. The molecule has 0 aliphatic carbocycles. The quantitative estimate of drug-likeness (QED) is 0.0740. The molecule has 48 heavy (non-hydrogen) atoms. The summed E-state index contributed by atoms with van der Waals surface area (Å²) in [5.74, 6) is -0.334. The van der Waals surface area contributed by atoms with Crippen molar-refractivity contribution in [2.45, 2.75) is 9.79 Å². The van der Waals surface area contributed by atoms with Crippen molar-refractivity contribution in [1.29, 1.82) is 0 Å². The number of rotatable bonds is 7. The Balaban J connectivity index is 0.00000260. The summed E-state index contributed by atoms with van der Waals surface area (Å²) in [5.41, 5.74) is -0.360. The number of hydrogen-bond acceptors (Lipinski definition) is 10. The molecule has 0 heterocycles. The number of fused-ring (bicyclic) bond motifs is 2. The zero-order valence-electron chi connectivity index (χ0n) is 25.4. The number of hydrogen-bond donors (Lipinski definition) is 4. The van der Waals surface area contributed by atoms with Crippen LogP contribution in [-0.4, -0.2) is 95.3 Å². The molecule has 0 aromatic heterocycles. The SMILES string of the molecule is O=S(=O)(O)c1cc(N=Nc2c(O)ccc3ccccc23)ccc1-c1ccc(N=Nc2c(O)ccc3ccccc23)cc1S(=O)(=O)O.[Na].[Na]. The van der Waals surface area contributed by atoms with Crippen molar-refractivity contribution in [1.82, 2.24) is 0 Å². The third-order valence-electron chi connectivity index (χ3n) is 7.07. The molecule has 0 bridgehead atoms. The van der Waals surface area contributed by atoms with Crippen molar-refractivity contribution < 1.29 is 36.2 Å². The maximum Gasteiger partial charge on any atom is 0.295 e. The first kappa shape index (κ1) is 37.3. The van der Waals surface area contributed by atoms with Gasteiger partial charge in [0.05, 0.1) is 11.4 Å². The van der Waals surface area contributed by atoms with Gasteiger partial charge in [-0.2, -0.15) is 27.1 Å². The molecule has 6 rings (SSSR count). The third-order valence-corrected chi connectivity index (χ3v) is 8.85. The van der Waals surface area contributed by atoms with Gasteiger partial charge in [0.15, 0.2) is 0 Å². The second kappa shape index (κ2) is 14.9. The van der Waals surface area contributed by atoms with Crippen molar-refractivity contribution in [3.8, 4) is 22.6 Å². The molecule has 0 aliphatic rings. The predicted molar refractivity (Wildman–Crippen MR) is 183 cm³/mol. The molecule has 0 amide bonds. The van der Waals surface area contributed by atoms with Crippen LogP contribution in [0.5, 0.6) is 11.5 Å². The van der Waals surface area contributed by atoms with Crippen molar-refractivity contribution in [2.75, 3.05) is 0 Å². The number of aromatic hydroxyl groups is 2. The first-order valence-electron chi connectivity index (χ1n) is 13.4. The molecular weight excluding hydrogens is 678 g/mol. The summed E-state index contributed by atoms with van der Waals surface area (Å²) in [6.07, 6.45) is 0. The smallest absolute Gasteiger partial charge is 0.295 e. The summed E-state index contributed by atoms with van der Waals surface area (Å²) in [5, 5.41) is 39.7. The number of phenols is 2. The molecule has 0 unspecified atom stereocenters. The van der Waals surface area contributed by atoms with Crippen LogP contribution < -0.4 is 0 Å². The van der Waals surface area contributed by atoms with Gasteiger partial charge in [-0.3, -0.25) is 9.11 Å². The fraction of sp³-hybridized carbons (Fsp3) is 0. The Morgan fingerprint density at radius 2 is 0.833 bits per heavy atom. The Bertz CT molecular complexity index is 2300. The van der Waals surface area contributed by atoms with Gasteiger partial charge in [-0.05, 0) is 47.2 Å². The van der Waals surface area contributed by atoms with Crippen LogP contribution in [0.25, 0.3) is 32.7 Å². The summed E-state index contributed by atoms with van der Waals surface area (Å²) < 4.78 is 70.1. The van der Waals surface area contributed by atoms with E-state index >= 15 is 0 Å². The number of benzene rings is 6. The van der Waals surface area contributed by atoms with Crippen molar-refractivity contribution in [3.05, 3.63) is 109 Å². The van der Waals surface area contributed by atoms with Gasteiger partial charge in [-0.15, -0.1) is 10.2 Å². The zero-order chi connectivity index (χ0) is 32.6. The molecule has 0 spiro atoms. The molecule has 6 aromatic carbocycles. The van der Waals surface area contributed by atoms with Crippen LogP contribution in [0, 0.1) is 0 Å². The molecule has 12 nitrogen and oxygen atoms in total. The first-order chi connectivity index (χ1) is 21.9. The van der Waals surface area contributed by atoms with E-state index in [0.29, 0.717) is 10.8 Å². The minimum absolute atomic E-state index is 0. The van der Waals surface area contributed by atoms with E-state index in [1.807, 2.05) is 24.3 Å². The molecule has 0 fully saturated rings. The van der Waals surface area contributed by atoms with Gasteiger partial charge in [0, 0.05) is 81.0 Å². The van der Waals surface area contributed by atoms with Crippen molar-refractivity contribution in [2.24, 2.45) is 20.5 Å². The average molecular weight is 701 g/mol. The molecule has 0 saturated carbocycles. The topological polar surface area (TPSA) is 199 Å². The van der Waals surface area contributed by atoms with Crippen LogP contribution in [0.1, 0.15) is 0 Å². The van der Waals surface area contributed by atoms with Gasteiger partial charge < -0.3 is 10.2 Å². The Morgan fingerprint density at radius 1 is 0.458 bits per heavy atom. The molecule has 0 aliphatic heterocycles. The van der Waals surface area contributed by atoms with E-state index in [0.717, 1.165) is 22.9 Å². The van der Waals surface area contributed by atoms with Gasteiger partial charge in [0.25, 0.3) is 20.2 Å². The van der Waals surface area contributed by atoms with E-state index in [-0.39, 0.29) is 104 Å². The van der Waals surface area contributed by atoms with Gasteiger partial charge in [0.2, 0.25) is 0 Å². The minimum Gasteiger partial charge on any atom is -0.506 e. The van der Waals surface area contributed by atoms with E-state index in [1.165, 1.54) is 36.4 Å². The largest absolute Gasteiger partial charge is 0.506 e. The Kier molecular flexibility index (Phi) is 11.6. The Morgan fingerprint density at radius 3 is 1.21 bits per heavy atom. The molecular formula is C32H22N4Na2O8S2. The van der Waals surface area contributed by atoms with Gasteiger partial charge in [-0.1, -0.05) is 72.8 Å². The van der Waals surface area contributed by atoms with E-state index < -0.39 is 30.0 Å². The van der Waals surface area contributed by atoms with E-state index in [4.69, 9.17) is 0 Å². The van der Waals surface area contributed by atoms with Gasteiger partial charge in [-0.25, -0.2) is 0 Å². The van der Waals surface area contributed by atoms with Gasteiger partial charge >= 0.3 is 0 Å². The second-order valence-electron chi connectivity index (χ2n) is 10.0. The second-order valence-corrected chi connectivity index (χ2v) is 12.8. The summed E-state index contributed by atoms with van der Waals surface area (Å²) in [7, 11) is -9.94. The standard InChI is InChI=1S/C32H22N4O8S2.2Na/c37-27-15-9-19-5-1-3-7-23(19)31(27)35-33-21-11-13-25(29(17-21)45(39,40)41)26-14-12-22(18-30(26)46(42,43)44)34-36-32-24-8-4-2-6-20(24)10-16-28(32)38;;/h1-18,37-38H,(H,39,40,41)(H,42,43,44);;. The fourth-order valence-electron chi connectivity index (χ4n) is 4.93. The number of nitrogens with zero attached hydrogens (tertiary/aromatic N) is 4. The molecule has 0 atom stereocenters. The van der Waals surface area contributed by atoms with Crippen LogP contribution in [0.2, 0.25) is 0 Å². The van der Waals surface area contributed by atoms with Crippen molar-refractivity contribution >= 4 is 124 Å². The average Bonchev–Trinajstić information content (AvgIpc) is 3.03. The maximum absolute atomic E-state index is 12.5. The van der Waals surface area contributed by atoms with E-state index in [1.54, 1.807) is 36.4 Å². The van der Waals surface area contributed by atoms with Crippen LogP contribution >= 0.6 is 0 Å². The van der Waals surface area contributed by atoms with Crippen LogP contribution in [-0.2, 0) is 20.2 Å². The normalized spacial score (nSPS) is 12.0. The van der Waals surface area contributed by atoms with E-state index in [9.17, 15) is 36.2 Å². The van der Waals surface area contributed by atoms with Crippen LogP contribution in [0.3, 0.4) is 0 Å². The first-order valence-corrected chi connectivity index (χ1v) is 16.3. The molecule has 16 heteroatoms. The van der Waals surface area contributed by atoms with Gasteiger partial charge in [0.1, 0.15) is 32.7 Å². The Labute approximate surface area is 319 Å². The molecule has 4 N–H and O–H groups in total. The molecule has 6 aromatic rings. The van der Waals surface area contributed by atoms with E-state index in [2.05, 4.69) is 20.5 Å². The molecule has 2 radical (unpaired) electrons. The number of phenolic OH excluding ortho intramolecular Hbond substituents is 2. The molecule has 232 valence electrons. The third kappa shape index (κ3) is 7.84. The maximum atomic E-state index is 12.5.